The number of hydrogen-bond donors (Lipinski definition) is 0. The van der Waals surface area contributed by atoms with E-state index in [9.17, 15) is 9.59 Å². The van der Waals surface area contributed by atoms with Gasteiger partial charge in [0.15, 0.2) is 11.6 Å². The first-order valence-electron chi connectivity index (χ1n) is 11.0. The summed E-state index contributed by atoms with van der Waals surface area (Å²) in [7, 11) is 0. The summed E-state index contributed by atoms with van der Waals surface area (Å²) < 4.78 is 0. The third-order valence-electron chi connectivity index (χ3n) is 7.11. The van der Waals surface area contributed by atoms with Crippen LogP contribution >= 0.6 is 11.6 Å². The van der Waals surface area contributed by atoms with E-state index in [0.717, 1.165) is 41.5 Å². The summed E-state index contributed by atoms with van der Waals surface area (Å²) in [6.07, 6.45) is 2.48. The monoisotopic (exact) mass is 420 g/mol. The molecule has 2 nitrogen and oxygen atoms in total. The molecule has 0 heterocycles. The van der Waals surface area contributed by atoms with Crippen LogP contribution in [0.2, 0.25) is 5.02 Å². The molecular weight excluding hydrogens is 392 g/mol. The van der Waals surface area contributed by atoms with Gasteiger partial charge in [0.25, 0.3) is 0 Å². The van der Waals surface area contributed by atoms with Crippen LogP contribution in [0.15, 0.2) is 53.6 Å². The number of Topliss-reactive ketones (excluding diaryl/α,β-unsaturated/α-hetero) is 2. The Kier molecular flexibility index (Phi) is 5.72. The zero-order chi connectivity index (χ0) is 21.6. The maximum atomic E-state index is 13.6. The highest BCUT2D eigenvalue weighted by molar-refractivity contribution is 6.30. The summed E-state index contributed by atoms with van der Waals surface area (Å²) in [5, 5.41) is 0.693. The van der Waals surface area contributed by atoms with Gasteiger partial charge in [-0.2, -0.15) is 0 Å². The number of benzene rings is 2. The summed E-state index contributed by atoms with van der Waals surface area (Å²) in [5.74, 6) is -0.442. The van der Waals surface area contributed by atoms with Crippen molar-refractivity contribution in [3.8, 4) is 11.1 Å². The lowest BCUT2D eigenvalue weighted by atomic mass is 9.82. The predicted octanol–water partition coefficient (Wildman–Crippen LogP) is 6.80. The summed E-state index contributed by atoms with van der Waals surface area (Å²) in [5.41, 5.74) is 6.66. The fourth-order valence-electron chi connectivity index (χ4n) is 5.62. The molecule has 30 heavy (non-hydrogen) atoms. The van der Waals surface area contributed by atoms with Crippen LogP contribution in [0, 0.1) is 17.8 Å². The Bertz CT molecular complexity index is 1030. The topological polar surface area (TPSA) is 34.1 Å². The molecule has 4 atom stereocenters. The van der Waals surface area contributed by atoms with Crippen molar-refractivity contribution in [3.63, 3.8) is 0 Å². The Morgan fingerprint density at radius 2 is 1.63 bits per heavy atom. The summed E-state index contributed by atoms with van der Waals surface area (Å²) in [6, 6.07) is 13.9. The summed E-state index contributed by atoms with van der Waals surface area (Å²) >= 11 is 6.04. The van der Waals surface area contributed by atoms with Crippen molar-refractivity contribution in [3.05, 3.63) is 69.8 Å². The van der Waals surface area contributed by atoms with E-state index < -0.39 is 5.92 Å². The van der Waals surface area contributed by atoms with E-state index in [2.05, 4.69) is 45.9 Å². The van der Waals surface area contributed by atoms with Crippen molar-refractivity contribution >= 4 is 23.2 Å². The standard InChI is InChI=1S/C27H29ClO2/c1-5-16-7-8-18(17-9-11-19(28)12-10-17)13-22(16)25-26(29)23-14-21(15(3)4)20(6-2)24(23)27(25)30/h7-13,20,23-25H,5-6,14H2,1-4H3. The Morgan fingerprint density at radius 1 is 0.967 bits per heavy atom. The molecule has 2 aliphatic carbocycles. The normalized spacial score (nSPS) is 25.7. The van der Waals surface area contributed by atoms with Crippen molar-refractivity contribution in [2.45, 2.75) is 52.9 Å². The molecule has 0 amide bonds. The number of hydrogen-bond acceptors (Lipinski definition) is 2. The van der Waals surface area contributed by atoms with Crippen LogP contribution in [-0.2, 0) is 16.0 Å². The number of fused-ring (bicyclic) bond motifs is 1. The number of halogens is 1. The highest BCUT2D eigenvalue weighted by Gasteiger charge is 2.56. The maximum absolute atomic E-state index is 13.6. The highest BCUT2D eigenvalue weighted by Crippen LogP contribution is 2.53. The molecule has 2 aromatic carbocycles. The lowest BCUT2D eigenvalue weighted by Gasteiger charge is -2.20. The third kappa shape index (κ3) is 3.36. The lowest BCUT2D eigenvalue weighted by Crippen LogP contribution is -2.22. The molecule has 0 radical (unpaired) electrons. The van der Waals surface area contributed by atoms with Gasteiger partial charge in [-0.05, 0) is 79.5 Å². The van der Waals surface area contributed by atoms with Crippen LogP contribution in [0.25, 0.3) is 11.1 Å². The van der Waals surface area contributed by atoms with Gasteiger partial charge in [0.2, 0.25) is 0 Å². The second kappa shape index (κ2) is 8.15. The molecular formula is C27H29ClO2. The minimum atomic E-state index is -0.616. The van der Waals surface area contributed by atoms with E-state index in [1.54, 1.807) is 0 Å². The molecule has 156 valence electrons. The largest absolute Gasteiger partial charge is 0.298 e. The van der Waals surface area contributed by atoms with Crippen molar-refractivity contribution in [2.24, 2.45) is 17.8 Å². The Morgan fingerprint density at radius 3 is 2.23 bits per heavy atom. The van der Waals surface area contributed by atoms with Gasteiger partial charge in [-0.15, -0.1) is 0 Å². The summed E-state index contributed by atoms with van der Waals surface area (Å²) in [6.45, 7) is 8.44. The van der Waals surface area contributed by atoms with Gasteiger partial charge in [-0.1, -0.05) is 60.9 Å². The number of aryl methyl sites for hydroxylation is 1. The van der Waals surface area contributed by atoms with Crippen LogP contribution in [-0.4, -0.2) is 11.6 Å². The molecule has 3 heteroatoms. The van der Waals surface area contributed by atoms with Crippen LogP contribution in [0.4, 0.5) is 0 Å². The number of allylic oxidation sites excluding steroid dienone is 2. The zero-order valence-corrected chi connectivity index (χ0v) is 18.9. The number of ketones is 2. The first-order valence-corrected chi connectivity index (χ1v) is 11.4. The van der Waals surface area contributed by atoms with Gasteiger partial charge < -0.3 is 0 Å². The van der Waals surface area contributed by atoms with Crippen LogP contribution in [0.5, 0.6) is 0 Å². The minimum Gasteiger partial charge on any atom is -0.298 e. The Hall–Kier alpha value is -2.19. The third-order valence-corrected chi connectivity index (χ3v) is 7.37. The average Bonchev–Trinajstić information content (AvgIpc) is 3.24. The summed E-state index contributed by atoms with van der Waals surface area (Å²) in [4.78, 5) is 27.2. The highest BCUT2D eigenvalue weighted by atomic mass is 35.5. The first kappa shape index (κ1) is 21.1. The molecule has 4 unspecified atom stereocenters. The van der Waals surface area contributed by atoms with Gasteiger partial charge >= 0.3 is 0 Å². The Balaban J connectivity index is 1.77. The van der Waals surface area contributed by atoms with E-state index in [1.165, 1.54) is 11.1 Å². The van der Waals surface area contributed by atoms with Gasteiger partial charge in [0.1, 0.15) is 5.92 Å². The molecule has 0 bridgehead atoms. The zero-order valence-electron chi connectivity index (χ0n) is 18.2. The van der Waals surface area contributed by atoms with E-state index in [0.29, 0.717) is 5.02 Å². The molecule has 0 N–H and O–H groups in total. The molecule has 2 saturated carbocycles. The second-order valence-corrected chi connectivity index (χ2v) is 9.32. The predicted molar refractivity (Wildman–Crippen MR) is 123 cm³/mol. The molecule has 2 aromatic rings. The van der Waals surface area contributed by atoms with Crippen molar-refractivity contribution in [2.75, 3.05) is 0 Å². The van der Waals surface area contributed by atoms with Gasteiger partial charge in [-0.25, -0.2) is 0 Å². The van der Waals surface area contributed by atoms with Crippen molar-refractivity contribution in [1.82, 2.24) is 0 Å². The van der Waals surface area contributed by atoms with E-state index in [1.807, 2.05) is 24.3 Å². The van der Waals surface area contributed by atoms with E-state index >= 15 is 0 Å². The SMILES string of the molecule is CCc1ccc(-c2ccc(Cl)cc2)cc1C1C(=O)C2CC(=C(C)C)C(CC)C2C1=O. The molecule has 0 spiro atoms. The maximum Gasteiger partial charge on any atom is 0.152 e. The van der Waals surface area contributed by atoms with Crippen LogP contribution in [0.3, 0.4) is 0 Å². The van der Waals surface area contributed by atoms with Gasteiger partial charge in [0.05, 0.1) is 0 Å². The first-order chi connectivity index (χ1) is 14.4. The molecule has 0 aliphatic heterocycles. The number of carbonyl (C=O) groups excluding carboxylic acids is 2. The molecule has 2 aliphatic rings. The fraction of sp³-hybridized carbons (Fsp3) is 0.407. The molecule has 2 fully saturated rings. The smallest absolute Gasteiger partial charge is 0.152 e. The van der Waals surface area contributed by atoms with Crippen LogP contribution in [0.1, 0.15) is 57.6 Å². The second-order valence-electron chi connectivity index (χ2n) is 8.89. The molecule has 0 saturated heterocycles. The Labute approximate surface area is 184 Å². The van der Waals surface area contributed by atoms with Gasteiger partial charge in [-0.3, -0.25) is 9.59 Å². The van der Waals surface area contributed by atoms with Crippen molar-refractivity contribution < 1.29 is 9.59 Å². The quantitative estimate of drug-likeness (QED) is 0.402. The van der Waals surface area contributed by atoms with Crippen LogP contribution < -0.4 is 0 Å². The van der Waals surface area contributed by atoms with E-state index in [-0.39, 0.29) is 29.3 Å². The molecule has 0 aromatic heterocycles. The van der Waals surface area contributed by atoms with Gasteiger partial charge in [0, 0.05) is 16.9 Å². The van der Waals surface area contributed by atoms with E-state index in [4.69, 9.17) is 11.6 Å². The van der Waals surface area contributed by atoms with Crippen molar-refractivity contribution in [1.29, 1.82) is 0 Å². The lowest BCUT2D eigenvalue weighted by molar-refractivity contribution is -0.125. The number of rotatable bonds is 4. The average molecular weight is 421 g/mol. The fourth-order valence-corrected chi connectivity index (χ4v) is 5.75. The minimum absolute atomic E-state index is 0.127. The number of carbonyl (C=O) groups is 2. The molecule has 4 rings (SSSR count).